The molecule has 0 saturated carbocycles. The molecule has 0 bridgehead atoms. The first kappa shape index (κ1) is 21.0. The Balaban J connectivity index is 2.24. The molecule has 0 saturated heterocycles. The van der Waals surface area contributed by atoms with E-state index in [-0.39, 0.29) is 12.6 Å². The Bertz CT molecular complexity index is 856. The summed E-state index contributed by atoms with van der Waals surface area (Å²) in [6.07, 6.45) is 0. The molecule has 0 heterocycles. The summed E-state index contributed by atoms with van der Waals surface area (Å²) in [5.41, 5.74) is 2.53. The van der Waals surface area contributed by atoms with Gasteiger partial charge < -0.3 is 14.4 Å². The Kier molecular flexibility index (Phi) is 7.15. The Labute approximate surface area is 165 Å². The zero-order valence-corrected chi connectivity index (χ0v) is 16.5. The van der Waals surface area contributed by atoms with Crippen LogP contribution in [0.4, 0.5) is 11.4 Å². The second-order valence-electron chi connectivity index (χ2n) is 6.60. The van der Waals surface area contributed by atoms with E-state index >= 15 is 0 Å². The summed E-state index contributed by atoms with van der Waals surface area (Å²) < 4.78 is 10.6. The molecule has 2 aromatic carbocycles. The van der Waals surface area contributed by atoms with Gasteiger partial charge in [-0.2, -0.15) is 0 Å². The SMILES string of the molecule is C=C(C)C(=O)OCC(C)N(c1ccccc1)c1ccc(OC(=O)C(=C)C)cc1. The lowest BCUT2D eigenvalue weighted by Crippen LogP contribution is -2.33. The van der Waals surface area contributed by atoms with Gasteiger partial charge in [0.1, 0.15) is 12.4 Å². The van der Waals surface area contributed by atoms with Gasteiger partial charge in [0.2, 0.25) is 0 Å². The van der Waals surface area contributed by atoms with Gasteiger partial charge in [-0.05, 0) is 57.2 Å². The van der Waals surface area contributed by atoms with E-state index in [2.05, 4.69) is 18.1 Å². The van der Waals surface area contributed by atoms with Crippen molar-refractivity contribution < 1.29 is 19.1 Å². The van der Waals surface area contributed by atoms with Crippen molar-refractivity contribution in [2.75, 3.05) is 11.5 Å². The van der Waals surface area contributed by atoms with E-state index in [4.69, 9.17) is 9.47 Å². The lowest BCUT2D eigenvalue weighted by molar-refractivity contribution is -0.139. The Morgan fingerprint density at radius 1 is 0.893 bits per heavy atom. The molecule has 5 heteroatoms. The molecule has 0 N–H and O–H groups in total. The van der Waals surface area contributed by atoms with Crippen LogP contribution in [-0.4, -0.2) is 24.6 Å². The van der Waals surface area contributed by atoms with Gasteiger partial charge in [0, 0.05) is 22.5 Å². The average Bonchev–Trinajstić information content (AvgIpc) is 2.68. The van der Waals surface area contributed by atoms with Crippen LogP contribution in [0.15, 0.2) is 78.9 Å². The molecule has 146 valence electrons. The van der Waals surface area contributed by atoms with E-state index in [9.17, 15) is 9.59 Å². The first-order valence-corrected chi connectivity index (χ1v) is 8.94. The molecule has 0 aliphatic rings. The molecule has 0 fully saturated rings. The van der Waals surface area contributed by atoms with Gasteiger partial charge in [-0.15, -0.1) is 0 Å². The third-order valence-electron chi connectivity index (χ3n) is 3.95. The molecule has 28 heavy (non-hydrogen) atoms. The highest BCUT2D eigenvalue weighted by atomic mass is 16.5. The fraction of sp³-hybridized carbons (Fsp3) is 0.217. The van der Waals surface area contributed by atoms with Gasteiger partial charge in [-0.3, -0.25) is 0 Å². The summed E-state index contributed by atoms with van der Waals surface area (Å²) in [5.74, 6) is -0.444. The van der Waals surface area contributed by atoms with Crippen LogP contribution < -0.4 is 9.64 Å². The zero-order valence-electron chi connectivity index (χ0n) is 16.5. The molecular weight excluding hydrogens is 354 g/mol. The summed E-state index contributed by atoms with van der Waals surface area (Å²) in [6.45, 7) is 12.6. The quantitative estimate of drug-likeness (QED) is 0.374. The predicted molar refractivity (Wildman–Crippen MR) is 111 cm³/mol. The summed E-state index contributed by atoms with van der Waals surface area (Å²) in [5, 5.41) is 0. The first-order valence-electron chi connectivity index (χ1n) is 8.94. The molecule has 0 aromatic heterocycles. The van der Waals surface area contributed by atoms with Gasteiger partial charge in [0.05, 0.1) is 6.04 Å². The smallest absolute Gasteiger partial charge is 0.338 e. The maximum Gasteiger partial charge on any atom is 0.338 e. The van der Waals surface area contributed by atoms with Crippen molar-refractivity contribution in [2.24, 2.45) is 0 Å². The fourth-order valence-electron chi connectivity index (χ4n) is 2.51. The second-order valence-corrected chi connectivity index (χ2v) is 6.60. The van der Waals surface area contributed by atoms with Crippen molar-refractivity contribution in [3.63, 3.8) is 0 Å². The topological polar surface area (TPSA) is 55.8 Å². The molecule has 2 rings (SSSR count). The molecular formula is C23H25NO4. The van der Waals surface area contributed by atoms with E-state index in [1.165, 1.54) is 0 Å². The summed E-state index contributed by atoms with van der Waals surface area (Å²) in [6, 6.07) is 16.8. The normalized spacial score (nSPS) is 11.2. The molecule has 2 aromatic rings. The molecule has 5 nitrogen and oxygen atoms in total. The number of benzene rings is 2. The van der Waals surface area contributed by atoms with Crippen LogP contribution in [0.5, 0.6) is 5.75 Å². The van der Waals surface area contributed by atoms with Crippen LogP contribution in [0.3, 0.4) is 0 Å². The summed E-state index contributed by atoms with van der Waals surface area (Å²) in [4.78, 5) is 25.5. The summed E-state index contributed by atoms with van der Waals surface area (Å²) in [7, 11) is 0. The van der Waals surface area contributed by atoms with Gasteiger partial charge in [-0.25, -0.2) is 9.59 Å². The Hall–Kier alpha value is -3.34. The van der Waals surface area contributed by atoms with Crippen molar-refractivity contribution in [1.29, 1.82) is 0 Å². The fourth-order valence-corrected chi connectivity index (χ4v) is 2.51. The highest BCUT2D eigenvalue weighted by molar-refractivity contribution is 5.89. The molecule has 0 spiro atoms. The number of esters is 2. The Morgan fingerprint density at radius 2 is 1.43 bits per heavy atom. The van der Waals surface area contributed by atoms with Crippen molar-refractivity contribution in [2.45, 2.75) is 26.8 Å². The van der Waals surface area contributed by atoms with E-state index < -0.39 is 11.9 Å². The molecule has 0 radical (unpaired) electrons. The number of nitrogens with zero attached hydrogens (tertiary/aromatic N) is 1. The van der Waals surface area contributed by atoms with Gasteiger partial charge in [0.15, 0.2) is 0 Å². The number of para-hydroxylation sites is 1. The predicted octanol–water partition coefficient (Wildman–Crippen LogP) is 4.81. The van der Waals surface area contributed by atoms with Crippen LogP contribution in [0.2, 0.25) is 0 Å². The zero-order chi connectivity index (χ0) is 20.7. The Morgan fingerprint density at radius 3 is 1.96 bits per heavy atom. The number of carbonyl (C=O) groups is 2. The molecule has 0 aliphatic carbocycles. The standard InChI is InChI=1S/C23H25NO4/c1-16(2)22(25)27-15-18(5)24(19-9-7-6-8-10-19)20-11-13-21(14-12-20)28-23(26)17(3)4/h6-14,18H,1,3,15H2,2,4-5H3. The van der Waals surface area contributed by atoms with Crippen LogP contribution >= 0.6 is 0 Å². The number of anilines is 2. The molecule has 0 amide bonds. The third-order valence-corrected chi connectivity index (χ3v) is 3.95. The van der Waals surface area contributed by atoms with Crippen LogP contribution in [-0.2, 0) is 14.3 Å². The van der Waals surface area contributed by atoms with Crippen molar-refractivity contribution in [3.8, 4) is 5.75 Å². The average molecular weight is 379 g/mol. The van der Waals surface area contributed by atoms with Crippen LogP contribution in [0.25, 0.3) is 0 Å². The maximum absolute atomic E-state index is 11.7. The van der Waals surface area contributed by atoms with E-state index in [0.717, 1.165) is 11.4 Å². The van der Waals surface area contributed by atoms with Crippen molar-refractivity contribution in [1.82, 2.24) is 0 Å². The first-order chi connectivity index (χ1) is 13.3. The number of carbonyl (C=O) groups excluding carboxylic acids is 2. The van der Waals surface area contributed by atoms with Crippen LogP contribution in [0, 0.1) is 0 Å². The van der Waals surface area contributed by atoms with E-state index in [0.29, 0.717) is 16.9 Å². The maximum atomic E-state index is 11.7. The highest BCUT2D eigenvalue weighted by Crippen LogP contribution is 2.29. The van der Waals surface area contributed by atoms with Crippen LogP contribution in [0.1, 0.15) is 20.8 Å². The number of hydrogen-bond acceptors (Lipinski definition) is 5. The van der Waals surface area contributed by atoms with Gasteiger partial charge in [-0.1, -0.05) is 31.4 Å². The minimum Gasteiger partial charge on any atom is -0.460 e. The molecule has 0 aliphatic heterocycles. The molecule has 1 atom stereocenters. The second kappa shape index (κ2) is 9.55. The largest absolute Gasteiger partial charge is 0.460 e. The summed E-state index contributed by atoms with van der Waals surface area (Å²) >= 11 is 0. The third kappa shape index (κ3) is 5.58. The lowest BCUT2D eigenvalue weighted by atomic mass is 10.1. The van der Waals surface area contributed by atoms with Crippen molar-refractivity contribution in [3.05, 3.63) is 78.9 Å². The minimum absolute atomic E-state index is 0.130. The number of hydrogen-bond donors (Lipinski definition) is 0. The van der Waals surface area contributed by atoms with E-state index in [1.807, 2.05) is 49.4 Å². The van der Waals surface area contributed by atoms with E-state index in [1.54, 1.807) is 26.0 Å². The monoisotopic (exact) mass is 379 g/mol. The minimum atomic E-state index is -0.465. The molecule has 1 unspecified atom stereocenters. The van der Waals surface area contributed by atoms with Crippen molar-refractivity contribution >= 4 is 23.3 Å². The lowest BCUT2D eigenvalue weighted by Gasteiger charge is -2.31. The van der Waals surface area contributed by atoms with Gasteiger partial charge in [0.25, 0.3) is 0 Å². The number of rotatable bonds is 8. The van der Waals surface area contributed by atoms with Gasteiger partial charge >= 0.3 is 11.9 Å². The number of ether oxygens (including phenoxy) is 2. The highest BCUT2D eigenvalue weighted by Gasteiger charge is 2.19.